The molecular weight excluding hydrogens is 428 g/mol. The van der Waals surface area contributed by atoms with E-state index in [1.54, 1.807) is 48.5 Å². The van der Waals surface area contributed by atoms with E-state index in [0.717, 1.165) is 5.01 Å². The summed E-state index contributed by atoms with van der Waals surface area (Å²) in [4.78, 5) is 42.3. The zero-order valence-corrected chi connectivity index (χ0v) is 18.3. The van der Waals surface area contributed by atoms with Gasteiger partial charge in [-0.15, -0.1) is 0 Å². The van der Waals surface area contributed by atoms with Crippen LogP contribution >= 0.6 is 11.3 Å². The highest BCUT2D eigenvalue weighted by Gasteiger charge is 2.17. The number of carbonyl (C=O) groups excluding carboxylic acids is 2. The van der Waals surface area contributed by atoms with Crippen LogP contribution in [0.1, 0.15) is 51.2 Å². The van der Waals surface area contributed by atoms with Gasteiger partial charge >= 0.3 is 5.97 Å². The van der Waals surface area contributed by atoms with Gasteiger partial charge in [-0.25, -0.2) is 9.78 Å². The van der Waals surface area contributed by atoms with Crippen molar-refractivity contribution in [3.05, 3.63) is 92.8 Å². The molecule has 9 heteroatoms. The Morgan fingerprint density at radius 3 is 2.56 bits per heavy atom. The molecule has 1 N–H and O–H groups in total. The van der Waals surface area contributed by atoms with Crippen molar-refractivity contribution in [1.82, 2.24) is 14.6 Å². The minimum Gasteiger partial charge on any atom is -0.456 e. The number of amides is 1. The Morgan fingerprint density at radius 2 is 1.81 bits per heavy atom. The van der Waals surface area contributed by atoms with E-state index in [1.165, 1.54) is 21.9 Å². The van der Waals surface area contributed by atoms with Crippen molar-refractivity contribution in [1.29, 1.82) is 0 Å². The highest BCUT2D eigenvalue weighted by Crippen LogP contribution is 2.21. The number of hydrogen-bond acceptors (Lipinski definition) is 7. The summed E-state index contributed by atoms with van der Waals surface area (Å²) in [6.45, 7) is 3.79. The Hall–Kier alpha value is -3.85. The number of esters is 1. The fraction of sp³-hybridized carbons (Fsp3) is 0.174. The minimum atomic E-state index is -0.636. The molecule has 1 amide bonds. The molecule has 0 saturated carbocycles. The second-order valence-electron chi connectivity index (χ2n) is 7.32. The molecule has 2 heterocycles. The molecule has 0 aliphatic heterocycles. The molecule has 0 fully saturated rings. The number of rotatable bonds is 6. The minimum absolute atomic E-state index is 0.171. The predicted molar refractivity (Wildman–Crippen MR) is 121 cm³/mol. The van der Waals surface area contributed by atoms with Crippen molar-refractivity contribution < 1.29 is 14.3 Å². The molecule has 2 aromatic carbocycles. The molecule has 162 valence electrons. The molecule has 0 radical (unpaired) electrons. The Morgan fingerprint density at radius 1 is 1.09 bits per heavy atom. The highest BCUT2D eigenvalue weighted by molar-refractivity contribution is 7.16. The average molecular weight is 449 g/mol. The van der Waals surface area contributed by atoms with Gasteiger partial charge in [-0.3, -0.25) is 9.59 Å². The SMILES string of the molecule is CC(C)c1nn2c(=O)cc(COC(=O)c3ccccc3NC(=O)c3ccccc3)nc2s1. The molecule has 0 atom stereocenters. The van der Waals surface area contributed by atoms with Gasteiger partial charge in [0.05, 0.1) is 16.9 Å². The zero-order chi connectivity index (χ0) is 22.7. The van der Waals surface area contributed by atoms with Crippen LogP contribution in [0.5, 0.6) is 0 Å². The van der Waals surface area contributed by atoms with Gasteiger partial charge in [0.25, 0.3) is 11.5 Å². The van der Waals surface area contributed by atoms with Gasteiger partial charge in [0.15, 0.2) is 0 Å². The summed E-state index contributed by atoms with van der Waals surface area (Å²) < 4.78 is 6.63. The fourth-order valence-corrected chi connectivity index (χ4v) is 3.88. The molecule has 32 heavy (non-hydrogen) atoms. The van der Waals surface area contributed by atoms with E-state index < -0.39 is 5.97 Å². The van der Waals surface area contributed by atoms with E-state index in [2.05, 4.69) is 15.4 Å². The number of nitrogens with zero attached hydrogens (tertiary/aromatic N) is 3. The van der Waals surface area contributed by atoms with Crippen molar-refractivity contribution >= 4 is 33.9 Å². The quantitative estimate of drug-likeness (QED) is 0.449. The average Bonchev–Trinajstić information content (AvgIpc) is 3.24. The van der Waals surface area contributed by atoms with E-state index in [1.807, 2.05) is 19.9 Å². The van der Waals surface area contributed by atoms with Crippen molar-refractivity contribution in [2.75, 3.05) is 5.32 Å². The molecule has 2 aromatic heterocycles. The number of carbonyl (C=O) groups is 2. The fourth-order valence-electron chi connectivity index (χ4n) is 2.95. The number of para-hydroxylation sites is 1. The van der Waals surface area contributed by atoms with Crippen LogP contribution in [0.3, 0.4) is 0 Å². The normalized spacial score (nSPS) is 11.0. The number of anilines is 1. The van der Waals surface area contributed by atoms with Crippen LogP contribution in [-0.2, 0) is 11.3 Å². The van der Waals surface area contributed by atoms with Crippen LogP contribution in [0.25, 0.3) is 4.96 Å². The van der Waals surface area contributed by atoms with Crippen LogP contribution in [-0.4, -0.2) is 26.5 Å². The Labute approximate surface area is 187 Å². The highest BCUT2D eigenvalue weighted by atomic mass is 32.1. The standard InChI is InChI=1S/C23H20N4O4S/c1-14(2)21-26-27-19(28)12-16(24-23(27)32-21)13-31-22(30)17-10-6-7-11-18(17)25-20(29)15-8-4-3-5-9-15/h3-12,14H,13H2,1-2H3,(H,25,29). The first-order valence-corrected chi connectivity index (χ1v) is 10.8. The van der Waals surface area contributed by atoms with Gasteiger partial charge < -0.3 is 10.1 Å². The second kappa shape index (κ2) is 9.11. The number of ether oxygens (including phenoxy) is 1. The summed E-state index contributed by atoms with van der Waals surface area (Å²) in [6, 6.07) is 16.6. The summed E-state index contributed by atoms with van der Waals surface area (Å²) in [5.74, 6) is -0.801. The lowest BCUT2D eigenvalue weighted by molar-refractivity contribution is 0.0469. The monoisotopic (exact) mass is 448 g/mol. The molecule has 4 rings (SSSR count). The van der Waals surface area contributed by atoms with Crippen molar-refractivity contribution in [3.8, 4) is 0 Å². The zero-order valence-electron chi connectivity index (χ0n) is 17.4. The number of fused-ring (bicyclic) bond motifs is 1. The first-order chi connectivity index (χ1) is 15.4. The van der Waals surface area contributed by atoms with Gasteiger partial charge in [-0.05, 0) is 24.3 Å². The summed E-state index contributed by atoms with van der Waals surface area (Å²) in [5, 5.41) is 7.81. The molecule has 0 unspecified atom stereocenters. The Kier molecular flexibility index (Phi) is 6.09. The lowest BCUT2D eigenvalue weighted by Gasteiger charge is -2.11. The second-order valence-corrected chi connectivity index (χ2v) is 8.30. The lowest BCUT2D eigenvalue weighted by Crippen LogP contribution is -2.18. The van der Waals surface area contributed by atoms with Gasteiger partial charge in [0, 0.05) is 17.5 Å². The number of aromatic nitrogens is 3. The van der Waals surface area contributed by atoms with Crippen molar-refractivity contribution in [2.24, 2.45) is 0 Å². The molecular formula is C23H20N4O4S. The van der Waals surface area contributed by atoms with Gasteiger partial charge in [0.1, 0.15) is 11.6 Å². The summed E-state index contributed by atoms with van der Waals surface area (Å²) >= 11 is 1.32. The van der Waals surface area contributed by atoms with Crippen LogP contribution in [0, 0.1) is 0 Å². The van der Waals surface area contributed by atoms with Crippen molar-refractivity contribution in [2.45, 2.75) is 26.4 Å². The molecule has 8 nitrogen and oxygen atoms in total. The summed E-state index contributed by atoms with van der Waals surface area (Å²) in [5.41, 5.74) is 1.00. The van der Waals surface area contributed by atoms with E-state index in [0.29, 0.717) is 21.9 Å². The van der Waals surface area contributed by atoms with E-state index >= 15 is 0 Å². The largest absolute Gasteiger partial charge is 0.456 e. The van der Waals surface area contributed by atoms with Crippen LogP contribution in [0.2, 0.25) is 0 Å². The molecule has 0 aliphatic rings. The third-order valence-corrected chi connectivity index (χ3v) is 5.80. The molecule has 0 aliphatic carbocycles. The smallest absolute Gasteiger partial charge is 0.340 e. The lowest BCUT2D eigenvalue weighted by atomic mass is 10.1. The maximum Gasteiger partial charge on any atom is 0.340 e. The first-order valence-electron chi connectivity index (χ1n) is 9.94. The molecule has 0 bridgehead atoms. The third-order valence-electron chi connectivity index (χ3n) is 4.59. The molecule has 4 aromatic rings. The van der Waals surface area contributed by atoms with Gasteiger partial charge in [-0.2, -0.15) is 9.61 Å². The van der Waals surface area contributed by atoms with E-state index in [9.17, 15) is 14.4 Å². The number of nitrogens with one attached hydrogen (secondary N) is 1. The maximum atomic E-state index is 12.7. The van der Waals surface area contributed by atoms with Crippen LogP contribution in [0.15, 0.2) is 65.5 Å². The van der Waals surface area contributed by atoms with E-state index in [4.69, 9.17) is 4.74 Å². The maximum absolute atomic E-state index is 12.7. The molecule has 0 spiro atoms. The summed E-state index contributed by atoms with van der Waals surface area (Å²) in [6.07, 6.45) is 0. The van der Waals surface area contributed by atoms with E-state index in [-0.39, 0.29) is 29.6 Å². The third kappa shape index (κ3) is 4.57. The molecule has 0 saturated heterocycles. The Bertz CT molecular complexity index is 1350. The van der Waals surface area contributed by atoms with Crippen LogP contribution in [0.4, 0.5) is 5.69 Å². The van der Waals surface area contributed by atoms with Gasteiger partial charge in [-0.1, -0.05) is 55.5 Å². The van der Waals surface area contributed by atoms with Crippen LogP contribution < -0.4 is 10.9 Å². The predicted octanol–water partition coefficient (Wildman–Crippen LogP) is 3.88. The summed E-state index contributed by atoms with van der Waals surface area (Å²) in [7, 11) is 0. The number of benzene rings is 2. The van der Waals surface area contributed by atoms with Gasteiger partial charge in [0.2, 0.25) is 4.96 Å². The topological polar surface area (TPSA) is 103 Å². The van der Waals surface area contributed by atoms with Crippen molar-refractivity contribution in [3.63, 3.8) is 0 Å². The number of hydrogen-bond donors (Lipinski definition) is 1. The Balaban J connectivity index is 1.50. The first kappa shape index (κ1) is 21.4.